The molecule has 3 N–H and O–H groups in total. The van der Waals surface area contributed by atoms with Gasteiger partial charge in [0.05, 0.1) is 13.2 Å². The van der Waals surface area contributed by atoms with Gasteiger partial charge in [0.15, 0.2) is 0 Å². The smallest absolute Gasteiger partial charge is 0.120 e. The van der Waals surface area contributed by atoms with E-state index < -0.39 is 6.10 Å². The van der Waals surface area contributed by atoms with E-state index >= 15 is 0 Å². The summed E-state index contributed by atoms with van der Waals surface area (Å²) in [5, 5.41) is 22.8. The number of para-hydroxylation sites is 1. The lowest BCUT2D eigenvalue weighted by atomic mass is 10.1. The summed E-state index contributed by atoms with van der Waals surface area (Å²) >= 11 is 0. The van der Waals surface area contributed by atoms with Crippen molar-refractivity contribution in [1.29, 1.82) is 0 Å². The molecule has 2 rings (SSSR count). The van der Waals surface area contributed by atoms with Crippen LogP contribution < -0.4 is 10.1 Å². The Kier molecular flexibility index (Phi) is 4.48. The highest BCUT2D eigenvalue weighted by Gasteiger charge is 2.08. The molecule has 0 spiro atoms. The van der Waals surface area contributed by atoms with Crippen molar-refractivity contribution in [2.24, 2.45) is 0 Å². The second kappa shape index (κ2) is 6.30. The fourth-order valence-corrected chi connectivity index (χ4v) is 2.04. The number of aliphatic hydroxyl groups is 1. The lowest BCUT2D eigenvalue weighted by molar-refractivity contribution is 0.200. The van der Waals surface area contributed by atoms with E-state index in [4.69, 9.17) is 4.74 Å². The van der Waals surface area contributed by atoms with E-state index in [2.05, 4.69) is 5.32 Å². The van der Waals surface area contributed by atoms with Crippen molar-refractivity contribution in [2.75, 3.05) is 12.4 Å². The first-order valence-electron chi connectivity index (χ1n) is 6.48. The third kappa shape index (κ3) is 3.22. The second-order valence-electron chi connectivity index (χ2n) is 4.61. The fraction of sp³-hybridized carbons (Fsp3) is 0.250. The molecule has 0 aliphatic carbocycles. The molecule has 0 fully saturated rings. The van der Waals surface area contributed by atoms with Gasteiger partial charge in [-0.2, -0.15) is 0 Å². The molecule has 0 amide bonds. The second-order valence-corrected chi connectivity index (χ2v) is 4.61. The molecule has 4 nitrogen and oxygen atoms in total. The summed E-state index contributed by atoms with van der Waals surface area (Å²) in [6.45, 7) is 2.18. The fourth-order valence-electron chi connectivity index (χ4n) is 2.04. The maximum atomic E-state index is 9.84. The van der Waals surface area contributed by atoms with Crippen LogP contribution in [0.1, 0.15) is 24.2 Å². The van der Waals surface area contributed by atoms with Crippen LogP contribution in [0, 0.1) is 0 Å². The number of benzene rings is 2. The zero-order valence-corrected chi connectivity index (χ0v) is 11.6. The van der Waals surface area contributed by atoms with E-state index in [0.29, 0.717) is 12.3 Å². The van der Waals surface area contributed by atoms with Crippen molar-refractivity contribution in [3.8, 4) is 11.5 Å². The van der Waals surface area contributed by atoms with Crippen molar-refractivity contribution >= 4 is 5.69 Å². The number of aliphatic hydroxyl groups excluding tert-OH is 1. The maximum Gasteiger partial charge on any atom is 0.120 e. The molecule has 1 atom stereocenters. The molecule has 0 aromatic heterocycles. The van der Waals surface area contributed by atoms with Gasteiger partial charge in [-0.05, 0) is 31.2 Å². The summed E-state index contributed by atoms with van der Waals surface area (Å²) in [6.07, 6.45) is -0.544. The Bertz CT molecular complexity index is 582. The van der Waals surface area contributed by atoms with Gasteiger partial charge >= 0.3 is 0 Å². The highest BCUT2D eigenvalue weighted by atomic mass is 16.5. The number of hydrogen-bond donors (Lipinski definition) is 3. The molecule has 0 saturated carbocycles. The molecular formula is C16H19NO3. The third-order valence-electron chi connectivity index (χ3n) is 3.17. The van der Waals surface area contributed by atoms with E-state index in [1.807, 2.05) is 24.3 Å². The van der Waals surface area contributed by atoms with Gasteiger partial charge < -0.3 is 20.3 Å². The number of aromatic hydroxyl groups is 1. The number of anilines is 1. The predicted octanol–water partition coefficient (Wildman–Crippen LogP) is 3.07. The van der Waals surface area contributed by atoms with Crippen molar-refractivity contribution in [2.45, 2.75) is 19.6 Å². The number of rotatable bonds is 5. The number of ether oxygens (including phenoxy) is 1. The minimum absolute atomic E-state index is 0.216. The van der Waals surface area contributed by atoms with Gasteiger partial charge in [-0.3, -0.25) is 0 Å². The van der Waals surface area contributed by atoms with Crippen molar-refractivity contribution in [1.82, 2.24) is 0 Å². The average molecular weight is 273 g/mol. The van der Waals surface area contributed by atoms with E-state index in [1.165, 1.54) is 0 Å². The summed E-state index contributed by atoms with van der Waals surface area (Å²) in [7, 11) is 1.59. The van der Waals surface area contributed by atoms with E-state index in [-0.39, 0.29) is 5.75 Å². The Morgan fingerprint density at radius 1 is 1.20 bits per heavy atom. The third-order valence-corrected chi connectivity index (χ3v) is 3.17. The van der Waals surface area contributed by atoms with Gasteiger partial charge in [0.25, 0.3) is 0 Å². The number of methoxy groups -OCH3 is 1. The first-order valence-corrected chi connectivity index (χ1v) is 6.48. The molecule has 1 unspecified atom stereocenters. The lowest BCUT2D eigenvalue weighted by Gasteiger charge is -2.15. The molecule has 4 heteroatoms. The van der Waals surface area contributed by atoms with Gasteiger partial charge in [0, 0.05) is 23.4 Å². The zero-order valence-electron chi connectivity index (χ0n) is 11.6. The van der Waals surface area contributed by atoms with Crippen LogP contribution in [0.3, 0.4) is 0 Å². The van der Waals surface area contributed by atoms with Crippen LogP contribution >= 0.6 is 0 Å². The molecule has 2 aromatic carbocycles. The molecule has 0 heterocycles. The Balaban J connectivity index is 2.17. The number of phenolic OH excluding ortho intramolecular Hbond substituents is 1. The van der Waals surface area contributed by atoms with Gasteiger partial charge in [-0.25, -0.2) is 0 Å². The summed E-state index contributed by atoms with van der Waals surface area (Å²) in [5.74, 6) is 0.913. The molecule has 0 saturated heterocycles. The molecule has 0 aliphatic heterocycles. The Morgan fingerprint density at radius 3 is 2.65 bits per heavy atom. The van der Waals surface area contributed by atoms with Gasteiger partial charge in [0.1, 0.15) is 11.5 Å². The van der Waals surface area contributed by atoms with Crippen molar-refractivity contribution in [3.05, 3.63) is 53.6 Å². The molecule has 20 heavy (non-hydrogen) atoms. The Morgan fingerprint density at radius 2 is 1.95 bits per heavy atom. The number of phenols is 1. The average Bonchev–Trinajstić information content (AvgIpc) is 2.46. The van der Waals surface area contributed by atoms with Crippen molar-refractivity contribution in [3.63, 3.8) is 0 Å². The SMILES string of the molecule is COc1ccc(O)c(CNc2ccccc2C(C)O)c1. The largest absolute Gasteiger partial charge is 0.508 e. The molecule has 0 aliphatic rings. The number of hydrogen-bond acceptors (Lipinski definition) is 4. The molecular weight excluding hydrogens is 254 g/mol. The minimum atomic E-state index is -0.544. The first-order chi connectivity index (χ1) is 9.61. The predicted molar refractivity (Wildman–Crippen MR) is 79.1 cm³/mol. The van der Waals surface area contributed by atoms with Crippen LogP contribution in [0.15, 0.2) is 42.5 Å². The normalized spacial score (nSPS) is 11.9. The first kappa shape index (κ1) is 14.2. The standard InChI is InChI=1S/C16H19NO3/c1-11(18)14-5-3-4-6-15(14)17-10-12-9-13(20-2)7-8-16(12)19/h3-9,11,17-19H,10H2,1-2H3. The van der Waals surface area contributed by atoms with Crippen LogP contribution in [0.2, 0.25) is 0 Å². The summed E-state index contributed by atoms with van der Waals surface area (Å²) in [5.41, 5.74) is 2.42. The monoisotopic (exact) mass is 273 g/mol. The van der Waals surface area contributed by atoms with E-state index in [1.54, 1.807) is 32.2 Å². The van der Waals surface area contributed by atoms with Crippen LogP contribution in [-0.2, 0) is 6.54 Å². The number of nitrogens with one attached hydrogen (secondary N) is 1. The maximum absolute atomic E-state index is 9.84. The summed E-state index contributed by atoms with van der Waals surface area (Å²) in [4.78, 5) is 0. The van der Waals surface area contributed by atoms with Crippen LogP contribution in [0.4, 0.5) is 5.69 Å². The summed E-state index contributed by atoms with van der Waals surface area (Å²) in [6, 6.07) is 12.7. The van der Waals surface area contributed by atoms with Crippen LogP contribution in [0.5, 0.6) is 11.5 Å². The zero-order chi connectivity index (χ0) is 14.5. The van der Waals surface area contributed by atoms with Gasteiger partial charge in [0.2, 0.25) is 0 Å². The highest BCUT2D eigenvalue weighted by molar-refractivity contribution is 5.53. The van der Waals surface area contributed by atoms with E-state index in [9.17, 15) is 10.2 Å². The van der Waals surface area contributed by atoms with Crippen LogP contribution in [0.25, 0.3) is 0 Å². The molecule has 0 bridgehead atoms. The molecule has 0 radical (unpaired) electrons. The van der Waals surface area contributed by atoms with Crippen LogP contribution in [-0.4, -0.2) is 17.3 Å². The summed E-state index contributed by atoms with van der Waals surface area (Å²) < 4.78 is 5.14. The molecule has 2 aromatic rings. The van der Waals surface area contributed by atoms with Gasteiger partial charge in [-0.1, -0.05) is 18.2 Å². The minimum Gasteiger partial charge on any atom is -0.508 e. The van der Waals surface area contributed by atoms with E-state index in [0.717, 1.165) is 16.8 Å². The Labute approximate surface area is 118 Å². The Hall–Kier alpha value is -2.20. The van der Waals surface area contributed by atoms with Crippen molar-refractivity contribution < 1.29 is 14.9 Å². The molecule has 106 valence electrons. The highest BCUT2D eigenvalue weighted by Crippen LogP contribution is 2.26. The lowest BCUT2D eigenvalue weighted by Crippen LogP contribution is -2.04. The quantitative estimate of drug-likeness (QED) is 0.783. The van der Waals surface area contributed by atoms with Gasteiger partial charge in [-0.15, -0.1) is 0 Å². The topological polar surface area (TPSA) is 61.7 Å².